The molecule has 1 aromatic heterocycles. The molecule has 5 rings (SSSR count). The van der Waals surface area contributed by atoms with Gasteiger partial charge < -0.3 is 23.8 Å². The van der Waals surface area contributed by atoms with Crippen molar-refractivity contribution < 1.29 is 50.7 Å². The fourth-order valence-electron chi connectivity index (χ4n) is 7.47. The molecule has 56 heavy (non-hydrogen) atoms. The summed E-state index contributed by atoms with van der Waals surface area (Å²) in [5.74, 6) is -2.35. The van der Waals surface area contributed by atoms with Gasteiger partial charge in [0.2, 0.25) is 17.7 Å². The monoisotopic (exact) mass is 821 g/mol. The zero-order valence-corrected chi connectivity index (χ0v) is 35.6. The van der Waals surface area contributed by atoms with E-state index >= 15 is 0 Å². The van der Waals surface area contributed by atoms with Crippen molar-refractivity contribution in [1.29, 1.82) is 0 Å². The van der Waals surface area contributed by atoms with E-state index in [1.165, 1.54) is 12.0 Å². The molecule has 3 aliphatic rings. The number of hydrogen-bond acceptors (Lipinski definition) is 12. The number of fused-ring (bicyclic) bond motifs is 1. The molecule has 0 spiro atoms. The Hall–Kier alpha value is -3.69. The maximum absolute atomic E-state index is 14.7. The highest BCUT2D eigenvalue weighted by Crippen LogP contribution is 2.58. The van der Waals surface area contributed by atoms with Crippen LogP contribution in [0, 0.1) is 22.7 Å². The third-order valence-corrected chi connectivity index (χ3v) is 12.3. The SMILES string of the molecule is CCOc1cc(O[C@@H]2C[C@@H](C(=O)C[C@]3(C(=O)NS(=O)(=O)OC4(C)CC4)C[C@H]3CC)N(C(=O)[C@@H](CC(=O)OC(C)(C)C)C(C)(C)C)C2)c2ccc(OC)c(Cl)c2n1. The van der Waals surface area contributed by atoms with Crippen molar-refractivity contribution in [3.05, 3.63) is 23.2 Å². The Kier molecular flexibility index (Phi) is 12.4. The lowest BCUT2D eigenvalue weighted by molar-refractivity contribution is -0.161. The summed E-state index contributed by atoms with van der Waals surface area (Å²) in [6.07, 6.45) is 0.720. The Morgan fingerprint density at radius 3 is 2.30 bits per heavy atom. The van der Waals surface area contributed by atoms with Crippen LogP contribution in [-0.2, 0) is 38.4 Å². The molecule has 0 bridgehead atoms. The van der Waals surface area contributed by atoms with Gasteiger partial charge in [0.15, 0.2) is 5.78 Å². The van der Waals surface area contributed by atoms with Crippen LogP contribution >= 0.6 is 11.6 Å². The Bertz CT molecular complexity index is 1970. The minimum Gasteiger partial charge on any atom is -0.495 e. The number of ketones is 1. The molecule has 310 valence electrons. The number of nitrogens with zero attached hydrogens (tertiary/aromatic N) is 2. The Labute approximate surface area is 334 Å². The predicted octanol–water partition coefficient (Wildman–Crippen LogP) is 6.34. The molecule has 2 aliphatic carbocycles. The molecule has 1 aromatic carbocycles. The molecule has 0 radical (unpaired) electrons. The van der Waals surface area contributed by atoms with Crippen molar-refractivity contribution in [1.82, 2.24) is 14.6 Å². The number of Topliss-reactive ketones (excluding diaryl/α,β-unsaturated/α-hetero) is 1. The molecule has 14 nitrogen and oxygen atoms in total. The third kappa shape index (κ3) is 9.87. The first-order chi connectivity index (χ1) is 25.9. The summed E-state index contributed by atoms with van der Waals surface area (Å²) in [5.41, 5.74) is -3.28. The number of ether oxygens (including phenoxy) is 4. The Morgan fingerprint density at radius 2 is 1.75 bits per heavy atom. The molecular weight excluding hydrogens is 766 g/mol. The van der Waals surface area contributed by atoms with Gasteiger partial charge in [-0.15, -0.1) is 0 Å². The number of nitrogens with one attached hydrogen (secondary N) is 1. The Morgan fingerprint density at radius 1 is 1.07 bits per heavy atom. The molecule has 2 saturated carbocycles. The van der Waals surface area contributed by atoms with E-state index < -0.39 is 74.0 Å². The van der Waals surface area contributed by atoms with Crippen molar-refractivity contribution in [2.45, 2.75) is 131 Å². The summed E-state index contributed by atoms with van der Waals surface area (Å²) >= 11 is 6.67. The zero-order chi connectivity index (χ0) is 41.6. The largest absolute Gasteiger partial charge is 0.495 e. The first-order valence-corrected chi connectivity index (χ1v) is 21.0. The van der Waals surface area contributed by atoms with Crippen molar-refractivity contribution >= 4 is 56.4 Å². The van der Waals surface area contributed by atoms with Gasteiger partial charge in [0.25, 0.3) is 0 Å². The number of halogens is 1. The fraction of sp³-hybridized carbons (Fsp3) is 0.675. The highest BCUT2D eigenvalue weighted by molar-refractivity contribution is 7.85. The lowest BCUT2D eigenvalue weighted by Crippen LogP contribution is -2.49. The number of amides is 2. The van der Waals surface area contributed by atoms with Crippen LogP contribution in [0.1, 0.15) is 107 Å². The van der Waals surface area contributed by atoms with E-state index in [0.29, 0.717) is 54.7 Å². The summed E-state index contributed by atoms with van der Waals surface area (Å²) in [6.45, 7) is 16.4. The van der Waals surface area contributed by atoms with E-state index in [4.69, 9.17) is 34.7 Å². The van der Waals surface area contributed by atoms with Crippen LogP contribution in [0.5, 0.6) is 17.4 Å². The van der Waals surface area contributed by atoms with E-state index in [2.05, 4.69) is 9.71 Å². The van der Waals surface area contributed by atoms with Gasteiger partial charge in [-0.1, -0.05) is 45.7 Å². The maximum atomic E-state index is 14.7. The second-order valence-electron chi connectivity index (χ2n) is 17.6. The van der Waals surface area contributed by atoms with E-state index in [1.54, 1.807) is 45.9 Å². The van der Waals surface area contributed by atoms with Crippen molar-refractivity contribution in [3.8, 4) is 17.4 Å². The summed E-state index contributed by atoms with van der Waals surface area (Å²) in [4.78, 5) is 62.2. The molecule has 0 unspecified atom stereocenters. The third-order valence-electron chi connectivity index (χ3n) is 10.8. The quantitative estimate of drug-likeness (QED) is 0.186. The first-order valence-electron chi connectivity index (χ1n) is 19.2. The lowest BCUT2D eigenvalue weighted by atomic mass is 9.77. The van der Waals surface area contributed by atoms with Crippen molar-refractivity contribution in [2.24, 2.45) is 22.7 Å². The smallest absolute Gasteiger partial charge is 0.362 e. The van der Waals surface area contributed by atoms with Crippen LogP contribution in [0.2, 0.25) is 5.02 Å². The van der Waals surface area contributed by atoms with Crippen LogP contribution < -0.4 is 18.9 Å². The summed E-state index contributed by atoms with van der Waals surface area (Å²) in [5, 5.41) is 0.798. The summed E-state index contributed by atoms with van der Waals surface area (Å²) in [7, 11) is -2.94. The average Bonchev–Trinajstić information content (AvgIpc) is 3.94. The van der Waals surface area contributed by atoms with Gasteiger partial charge in [-0.2, -0.15) is 8.42 Å². The van der Waals surface area contributed by atoms with E-state index in [1.807, 2.05) is 34.6 Å². The second-order valence-corrected chi connectivity index (χ2v) is 19.2. The van der Waals surface area contributed by atoms with E-state index in [0.717, 1.165) is 0 Å². The van der Waals surface area contributed by atoms with Crippen LogP contribution in [0.3, 0.4) is 0 Å². The van der Waals surface area contributed by atoms with Crippen LogP contribution in [0.25, 0.3) is 10.9 Å². The average molecular weight is 822 g/mol. The number of rotatable bonds is 16. The van der Waals surface area contributed by atoms with Gasteiger partial charge in [0.05, 0.1) is 49.7 Å². The number of esters is 1. The number of methoxy groups -OCH3 is 1. The molecule has 2 aromatic rings. The lowest BCUT2D eigenvalue weighted by Gasteiger charge is -2.35. The molecule has 5 atom stereocenters. The van der Waals surface area contributed by atoms with Gasteiger partial charge >= 0.3 is 16.3 Å². The maximum Gasteiger partial charge on any atom is 0.362 e. The molecule has 3 fully saturated rings. The van der Waals surface area contributed by atoms with Crippen molar-refractivity contribution in [3.63, 3.8) is 0 Å². The molecule has 1 saturated heterocycles. The molecule has 2 heterocycles. The molecular formula is C40H56ClN3O11S. The number of hydrogen-bond donors (Lipinski definition) is 1. The van der Waals surface area contributed by atoms with Gasteiger partial charge in [-0.3, -0.25) is 19.2 Å². The normalized spacial score (nSPS) is 23.6. The standard InChI is InChI=1S/C40H56ClN3O11S/c1-11-23-20-40(23,36(48)43-56(49,50)55-39(9)15-16-39)21-28(45)27-17-24(22-44(27)35(47)26(37(3,4)5)18-32(46)54-38(6,7)8)53-30-19-31(52-12-2)42-34-25(30)13-14-29(51-10)33(34)41/h13-14,19,23-24,26-27H,11-12,15-18,20-22H2,1-10H3,(H,43,48)/t23-,24-,26-,27+,40-/m1/s1. The van der Waals surface area contributed by atoms with Gasteiger partial charge in [-0.25, -0.2) is 13.9 Å². The van der Waals surface area contributed by atoms with Crippen LogP contribution in [0.15, 0.2) is 18.2 Å². The van der Waals surface area contributed by atoms with Gasteiger partial charge in [0, 0.05) is 24.3 Å². The minimum absolute atomic E-state index is 0.0228. The predicted molar refractivity (Wildman–Crippen MR) is 209 cm³/mol. The number of aromatic nitrogens is 1. The number of carbonyl (C=O) groups is 4. The number of benzene rings is 1. The van der Waals surface area contributed by atoms with Crippen molar-refractivity contribution in [2.75, 3.05) is 20.3 Å². The second kappa shape index (κ2) is 15.9. The Balaban J connectivity index is 1.48. The van der Waals surface area contributed by atoms with E-state index in [9.17, 15) is 27.6 Å². The molecule has 1 aliphatic heterocycles. The topological polar surface area (TPSA) is 177 Å². The highest BCUT2D eigenvalue weighted by atomic mass is 35.5. The minimum atomic E-state index is -4.43. The summed E-state index contributed by atoms with van der Waals surface area (Å²) in [6, 6.07) is 3.99. The molecule has 2 amide bonds. The zero-order valence-electron chi connectivity index (χ0n) is 34.1. The molecule has 16 heteroatoms. The number of pyridine rings is 1. The number of carbonyl (C=O) groups excluding carboxylic acids is 4. The van der Waals surface area contributed by atoms with Gasteiger partial charge in [0.1, 0.15) is 33.7 Å². The van der Waals surface area contributed by atoms with Crippen LogP contribution in [0.4, 0.5) is 0 Å². The van der Waals surface area contributed by atoms with Gasteiger partial charge in [-0.05, 0) is 77.3 Å². The summed E-state index contributed by atoms with van der Waals surface area (Å²) < 4.78 is 56.4. The number of likely N-dealkylation sites (tertiary alicyclic amines) is 1. The highest BCUT2D eigenvalue weighted by Gasteiger charge is 2.62. The first kappa shape index (κ1) is 43.4. The van der Waals surface area contributed by atoms with Crippen LogP contribution in [-0.4, -0.2) is 85.5 Å². The van der Waals surface area contributed by atoms with E-state index in [-0.39, 0.29) is 42.6 Å². The fourth-order valence-corrected chi connectivity index (χ4v) is 8.92. The molecule has 1 N–H and O–H groups in total.